The average Bonchev–Trinajstić information content (AvgIpc) is 3.32. The van der Waals surface area contributed by atoms with E-state index in [1.807, 2.05) is 36.4 Å². The maximum atomic E-state index is 13.4. The molecule has 0 aromatic heterocycles. The molecule has 8 heteroatoms. The molecule has 0 bridgehead atoms. The van der Waals surface area contributed by atoms with Gasteiger partial charge in [-0.15, -0.1) is 0 Å². The van der Waals surface area contributed by atoms with Gasteiger partial charge >= 0.3 is 0 Å². The van der Waals surface area contributed by atoms with Crippen molar-refractivity contribution in [1.82, 2.24) is 0 Å². The van der Waals surface area contributed by atoms with Gasteiger partial charge in [-0.2, -0.15) is 5.10 Å². The van der Waals surface area contributed by atoms with Gasteiger partial charge in [0.15, 0.2) is 0 Å². The zero-order valence-electron chi connectivity index (χ0n) is 16.2. The summed E-state index contributed by atoms with van der Waals surface area (Å²) in [6, 6.07) is 23.0. The molecular weight excluding hydrogens is 396 g/mol. The Balaban J connectivity index is 1.62. The Hall–Kier alpha value is -4.33. The summed E-state index contributed by atoms with van der Waals surface area (Å²) in [5, 5.41) is 17.2. The molecule has 5 rings (SSSR count). The van der Waals surface area contributed by atoms with E-state index >= 15 is 0 Å². The van der Waals surface area contributed by atoms with Crippen LogP contribution in [0.4, 0.5) is 17.1 Å². The maximum absolute atomic E-state index is 13.4. The van der Waals surface area contributed by atoms with Gasteiger partial charge in [0.1, 0.15) is 12.0 Å². The van der Waals surface area contributed by atoms with Crippen molar-refractivity contribution in [1.29, 1.82) is 0 Å². The predicted octanol–water partition coefficient (Wildman–Crippen LogP) is 3.38. The van der Waals surface area contributed by atoms with Crippen molar-refractivity contribution in [3.63, 3.8) is 0 Å². The third-order valence-electron chi connectivity index (χ3n) is 5.46. The minimum atomic E-state index is -0.819. The summed E-state index contributed by atoms with van der Waals surface area (Å²) in [5.41, 5.74) is 2.11. The maximum Gasteiger partial charge on any atom is 0.269 e. The van der Waals surface area contributed by atoms with Gasteiger partial charge in [-0.1, -0.05) is 36.4 Å². The van der Waals surface area contributed by atoms with E-state index in [0.29, 0.717) is 22.6 Å². The number of nitro benzene ring substituents is 1. The highest BCUT2D eigenvalue weighted by Gasteiger charge is 2.57. The summed E-state index contributed by atoms with van der Waals surface area (Å²) in [7, 11) is 0. The summed E-state index contributed by atoms with van der Waals surface area (Å²) < 4.78 is 0. The lowest BCUT2D eigenvalue weighted by Crippen LogP contribution is -2.39. The van der Waals surface area contributed by atoms with Crippen molar-refractivity contribution < 1.29 is 14.5 Å². The van der Waals surface area contributed by atoms with Crippen LogP contribution in [0.3, 0.4) is 0 Å². The van der Waals surface area contributed by atoms with Crippen LogP contribution < -0.4 is 9.91 Å². The highest BCUT2D eigenvalue weighted by Crippen LogP contribution is 2.39. The molecule has 0 radical (unpaired) electrons. The fourth-order valence-corrected chi connectivity index (χ4v) is 4.03. The van der Waals surface area contributed by atoms with E-state index in [9.17, 15) is 19.7 Å². The molecule has 2 atom stereocenters. The van der Waals surface area contributed by atoms with Crippen molar-refractivity contribution in [2.24, 2.45) is 11.0 Å². The first-order valence-electron chi connectivity index (χ1n) is 9.67. The fourth-order valence-electron chi connectivity index (χ4n) is 4.03. The van der Waals surface area contributed by atoms with Crippen molar-refractivity contribution in [3.8, 4) is 0 Å². The zero-order chi connectivity index (χ0) is 21.5. The first-order chi connectivity index (χ1) is 15.1. The molecule has 2 unspecified atom stereocenters. The molecule has 2 heterocycles. The summed E-state index contributed by atoms with van der Waals surface area (Å²) in [6.45, 7) is 0. The average molecular weight is 412 g/mol. The van der Waals surface area contributed by atoms with Crippen LogP contribution >= 0.6 is 0 Å². The smallest absolute Gasteiger partial charge is 0.269 e. The Labute approximate surface area is 177 Å². The molecule has 2 aliphatic rings. The fraction of sp³-hybridized carbons (Fsp3) is 0.0870. The van der Waals surface area contributed by atoms with Gasteiger partial charge in [0.2, 0.25) is 5.91 Å². The molecule has 152 valence electrons. The van der Waals surface area contributed by atoms with Crippen LogP contribution in [0, 0.1) is 16.0 Å². The van der Waals surface area contributed by atoms with Crippen LogP contribution in [0.5, 0.6) is 0 Å². The number of amides is 2. The zero-order valence-corrected chi connectivity index (χ0v) is 16.2. The Morgan fingerprint density at radius 1 is 0.774 bits per heavy atom. The molecule has 3 aromatic rings. The number of benzene rings is 3. The first-order valence-corrected chi connectivity index (χ1v) is 9.67. The van der Waals surface area contributed by atoms with E-state index in [4.69, 9.17) is 0 Å². The third-order valence-corrected chi connectivity index (χ3v) is 5.46. The number of carbonyl (C=O) groups is 2. The molecule has 0 spiro atoms. The van der Waals surface area contributed by atoms with Gasteiger partial charge in [0, 0.05) is 12.1 Å². The lowest BCUT2D eigenvalue weighted by molar-refractivity contribution is -0.384. The van der Waals surface area contributed by atoms with Crippen molar-refractivity contribution in [2.75, 3.05) is 9.91 Å². The minimum absolute atomic E-state index is 0.0569. The predicted molar refractivity (Wildman–Crippen MR) is 115 cm³/mol. The molecule has 3 aromatic carbocycles. The number of rotatable bonds is 4. The molecular formula is C23H16N4O4. The second-order valence-corrected chi connectivity index (χ2v) is 7.24. The Kier molecular flexibility index (Phi) is 4.32. The van der Waals surface area contributed by atoms with Crippen LogP contribution in [0.15, 0.2) is 90.0 Å². The highest BCUT2D eigenvalue weighted by atomic mass is 16.6. The van der Waals surface area contributed by atoms with E-state index in [1.54, 1.807) is 41.4 Å². The first kappa shape index (κ1) is 18.7. The van der Waals surface area contributed by atoms with Gasteiger partial charge in [0.25, 0.3) is 11.6 Å². The number of para-hydroxylation sites is 2. The van der Waals surface area contributed by atoms with Gasteiger partial charge in [0.05, 0.1) is 22.0 Å². The summed E-state index contributed by atoms with van der Waals surface area (Å²) in [5.74, 6) is -1.53. The number of hydrogen-bond acceptors (Lipinski definition) is 6. The van der Waals surface area contributed by atoms with E-state index in [0.717, 1.165) is 0 Å². The van der Waals surface area contributed by atoms with E-state index in [1.165, 1.54) is 17.0 Å². The number of hydrazone groups is 1. The van der Waals surface area contributed by atoms with Crippen molar-refractivity contribution >= 4 is 34.6 Å². The van der Waals surface area contributed by atoms with Crippen LogP contribution in [0.25, 0.3) is 0 Å². The topological polar surface area (TPSA) is 96.1 Å². The van der Waals surface area contributed by atoms with Gasteiger partial charge in [-0.3, -0.25) is 24.7 Å². The summed E-state index contributed by atoms with van der Waals surface area (Å²) in [6.07, 6.45) is 0. The second kappa shape index (κ2) is 7.17. The molecule has 8 nitrogen and oxygen atoms in total. The van der Waals surface area contributed by atoms with Crippen LogP contribution in [0.2, 0.25) is 0 Å². The second-order valence-electron chi connectivity index (χ2n) is 7.24. The van der Waals surface area contributed by atoms with E-state index in [-0.39, 0.29) is 17.5 Å². The van der Waals surface area contributed by atoms with E-state index in [2.05, 4.69) is 5.10 Å². The number of fused-ring (bicyclic) bond motifs is 1. The molecule has 2 aliphatic heterocycles. The lowest BCUT2D eigenvalue weighted by Gasteiger charge is -2.22. The number of carbonyl (C=O) groups excluding carboxylic acids is 2. The van der Waals surface area contributed by atoms with Gasteiger partial charge in [-0.25, -0.2) is 4.90 Å². The summed E-state index contributed by atoms with van der Waals surface area (Å²) >= 11 is 0. The third kappa shape index (κ3) is 2.96. The van der Waals surface area contributed by atoms with E-state index < -0.39 is 16.9 Å². The number of nitrogens with zero attached hydrogens (tertiary/aromatic N) is 4. The molecule has 1 saturated heterocycles. The molecule has 31 heavy (non-hydrogen) atoms. The lowest BCUT2D eigenvalue weighted by atomic mass is 9.92. The number of hydrogen-bond donors (Lipinski definition) is 0. The number of imide groups is 1. The normalized spacial score (nSPS) is 20.1. The van der Waals surface area contributed by atoms with Crippen molar-refractivity contribution in [3.05, 3.63) is 101 Å². The minimum Gasteiger partial charge on any atom is -0.273 e. The number of non-ortho nitro benzene ring substituents is 1. The van der Waals surface area contributed by atoms with Crippen LogP contribution in [-0.2, 0) is 9.59 Å². The molecule has 2 amide bonds. The number of nitro groups is 1. The number of anilines is 2. The van der Waals surface area contributed by atoms with Crippen LogP contribution in [-0.4, -0.2) is 28.5 Å². The quantitative estimate of drug-likeness (QED) is 0.372. The van der Waals surface area contributed by atoms with Gasteiger partial charge < -0.3 is 0 Å². The Bertz CT molecular complexity index is 1210. The molecule has 0 N–H and O–H groups in total. The van der Waals surface area contributed by atoms with Crippen molar-refractivity contribution in [2.45, 2.75) is 6.04 Å². The molecule has 0 aliphatic carbocycles. The highest BCUT2D eigenvalue weighted by molar-refractivity contribution is 6.34. The molecule has 1 fully saturated rings. The standard InChI is InChI=1S/C23H16N4O4/c28-22-19-20(15-11-13-18(14-12-15)27(30)31)24-26(17-9-5-2-6-10-17)21(19)23(29)25(22)16-7-3-1-4-8-16/h1-14,19,21H. The summed E-state index contributed by atoms with van der Waals surface area (Å²) in [4.78, 5) is 38.5. The SMILES string of the molecule is O=C1C2C(c3ccc([N+](=O)[O-])cc3)=NN(c3ccccc3)C2C(=O)N1c1ccccc1. The van der Waals surface area contributed by atoms with Gasteiger partial charge in [-0.05, 0) is 42.0 Å². The monoisotopic (exact) mass is 412 g/mol. The largest absolute Gasteiger partial charge is 0.273 e. The van der Waals surface area contributed by atoms with Crippen LogP contribution in [0.1, 0.15) is 5.56 Å². The molecule has 0 saturated carbocycles. The Morgan fingerprint density at radius 3 is 1.94 bits per heavy atom. The Morgan fingerprint density at radius 2 is 1.35 bits per heavy atom.